The van der Waals surface area contributed by atoms with Gasteiger partial charge in [0, 0.05) is 11.8 Å². The summed E-state index contributed by atoms with van der Waals surface area (Å²) in [7, 11) is 0. The molecule has 2 aliphatic heterocycles. The Balaban J connectivity index is 2.06. The largest absolute Gasteiger partial charge is 0.324 e. The molecule has 0 aromatic carbocycles. The molecule has 19 heavy (non-hydrogen) atoms. The molecule has 2 fully saturated rings. The van der Waals surface area contributed by atoms with Gasteiger partial charge < -0.3 is 4.90 Å². The molecule has 2 heterocycles. The zero-order valence-corrected chi connectivity index (χ0v) is 13.5. The lowest BCUT2D eigenvalue weighted by Gasteiger charge is -2.29. The molecule has 0 aromatic rings. The van der Waals surface area contributed by atoms with Gasteiger partial charge in [0.25, 0.3) is 0 Å². The summed E-state index contributed by atoms with van der Waals surface area (Å²) in [6, 6.07) is 0.0313. The molecular formula is C15H28N2OS. The number of nitrogens with one attached hydrogen (secondary N) is 1. The number of carbonyl (C=O) groups excluding carboxylic acids is 1. The molecule has 4 atom stereocenters. The molecule has 4 heteroatoms. The second kappa shape index (κ2) is 6.49. The molecule has 4 unspecified atom stereocenters. The third kappa shape index (κ3) is 3.27. The molecule has 110 valence electrons. The maximum absolute atomic E-state index is 12.7. The van der Waals surface area contributed by atoms with E-state index in [1.807, 2.05) is 11.8 Å². The summed E-state index contributed by atoms with van der Waals surface area (Å²) in [6.07, 6.45) is 3.87. The van der Waals surface area contributed by atoms with Crippen LogP contribution in [0, 0.1) is 11.8 Å². The molecule has 0 radical (unpaired) electrons. The summed E-state index contributed by atoms with van der Waals surface area (Å²) in [5, 5.41) is 4.24. The van der Waals surface area contributed by atoms with Crippen molar-refractivity contribution in [3.05, 3.63) is 0 Å². The Morgan fingerprint density at radius 2 is 2.16 bits per heavy atom. The molecular weight excluding hydrogens is 256 g/mol. The SMILES string of the molecule is CCC(C)C1NC(C(C)C)N(CC2CCCS2)C1=O. The third-order valence-electron chi connectivity index (χ3n) is 4.50. The van der Waals surface area contributed by atoms with Crippen LogP contribution in [-0.2, 0) is 4.79 Å². The normalized spacial score (nSPS) is 33.4. The molecule has 0 spiro atoms. The van der Waals surface area contributed by atoms with Crippen LogP contribution in [-0.4, -0.2) is 40.6 Å². The molecule has 2 rings (SSSR count). The minimum atomic E-state index is 0.0313. The highest BCUT2D eigenvalue weighted by Crippen LogP contribution is 2.30. The van der Waals surface area contributed by atoms with Crippen molar-refractivity contribution in [2.24, 2.45) is 11.8 Å². The highest BCUT2D eigenvalue weighted by molar-refractivity contribution is 8.00. The fourth-order valence-corrected chi connectivity index (χ4v) is 4.33. The van der Waals surface area contributed by atoms with Crippen LogP contribution >= 0.6 is 11.8 Å². The van der Waals surface area contributed by atoms with Crippen molar-refractivity contribution in [2.45, 2.75) is 64.4 Å². The molecule has 1 amide bonds. The first kappa shape index (κ1) is 15.2. The standard InChI is InChI=1S/C15H28N2OS/c1-5-11(4)13-15(18)17(14(16-13)10(2)3)9-12-7-6-8-19-12/h10-14,16H,5-9H2,1-4H3. The summed E-state index contributed by atoms with van der Waals surface area (Å²) in [5.74, 6) is 2.50. The van der Waals surface area contributed by atoms with Gasteiger partial charge in [0.15, 0.2) is 0 Å². The fourth-order valence-electron chi connectivity index (χ4n) is 3.07. The van der Waals surface area contributed by atoms with E-state index in [0.29, 0.717) is 23.0 Å². The predicted octanol–water partition coefficient (Wildman–Crippen LogP) is 2.71. The van der Waals surface area contributed by atoms with Crippen molar-refractivity contribution < 1.29 is 4.79 Å². The molecule has 2 aliphatic rings. The number of hydrogen-bond acceptors (Lipinski definition) is 3. The monoisotopic (exact) mass is 284 g/mol. The van der Waals surface area contributed by atoms with E-state index in [2.05, 4.69) is 37.9 Å². The molecule has 0 aliphatic carbocycles. The van der Waals surface area contributed by atoms with Gasteiger partial charge in [0.05, 0.1) is 12.2 Å². The fraction of sp³-hybridized carbons (Fsp3) is 0.933. The van der Waals surface area contributed by atoms with Crippen molar-refractivity contribution in [1.29, 1.82) is 0 Å². The highest BCUT2D eigenvalue weighted by Gasteiger charge is 2.42. The minimum absolute atomic E-state index is 0.0313. The lowest BCUT2D eigenvalue weighted by molar-refractivity contribution is -0.131. The third-order valence-corrected chi connectivity index (χ3v) is 5.88. The average molecular weight is 284 g/mol. The van der Waals surface area contributed by atoms with Crippen molar-refractivity contribution in [3.8, 4) is 0 Å². The minimum Gasteiger partial charge on any atom is -0.324 e. The summed E-state index contributed by atoms with van der Waals surface area (Å²) < 4.78 is 0. The summed E-state index contributed by atoms with van der Waals surface area (Å²) >= 11 is 2.04. The van der Waals surface area contributed by atoms with Gasteiger partial charge in [-0.3, -0.25) is 10.1 Å². The smallest absolute Gasteiger partial charge is 0.241 e. The van der Waals surface area contributed by atoms with Gasteiger partial charge in [-0.2, -0.15) is 11.8 Å². The number of thioether (sulfide) groups is 1. The molecule has 0 aromatic heterocycles. The Labute approximate surface area is 121 Å². The first-order chi connectivity index (χ1) is 9.04. The zero-order valence-electron chi connectivity index (χ0n) is 12.7. The second-order valence-electron chi connectivity index (χ2n) is 6.34. The van der Waals surface area contributed by atoms with Crippen molar-refractivity contribution in [2.75, 3.05) is 12.3 Å². The Bertz CT molecular complexity index is 315. The molecule has 2 saturated heterocycles. The summed E-state index contributed by atoms with van der Waals surface area (Å²) in [4.78, 5) is 14.8. The van der Waals surface area contributed by atoms with Crippen LogP contribution in [0.1, 0.15) is 47.0 Å². The van der Waals surface area contributed by atoms with Gasteiger partial charge in [-0.15, -0.1) is 0 Å². The van der Waals surface area contributed by atoms with E-state index in [-0.39, 0.29) is 12.2 Å². The van der Waals surface area contributed by atoms with E-state index in [1.54, 1.807) is 0 Å². The number of rotatable bonds is 5. The van der Waals surface area contributed by atoms with Crippen LogP contribution in [0.5, 0.6) is 0 Å². The van der Waals surface area contributed by atoms with Gasteiger partial charge in [-0.05, 0) is 30.4 Å². The van der Waals surface area contributed by atoms with Gasteiger partial charge in [0.1, 0.15) is 0 Å². The molecule has 1 N–H and O–H groups in total. The van der Waals surface area contributed by atoms with E-state index in [0.717, 1.165) is 13.0 Å². The van der Waals surface area contributed by atoms with Gasteiger partial charge in [-0.1, -0.05) is 34.1 Å². The number of carbonyl (C=O) groups is 1. The first-order valence-electron chi connectivity index (χ1n) is 7.72. The Morgan fingerprint density at radius 1 is 1.42 bits per heavy atom. The van der Waals surface area contributed by atoms with E-state index < -0.39 is 0 Å². The van der Waals surface area contributed by atoms with Crippen LogP contribution in [0.2, 0.25) is 0 Å². The second-order valence-corrected chi connectivity index (χ2v) is 7.75. The van der Waals surface area contributed by atoms with E-state index in [4.69, 9.17) is 0 Å². The quantitative estimate of drug-likeness (QED) is 0.842. The maximum atomic E-state index is 12.7. The first-order valence-corrected chi connectivity index (χ1v) is 8.77. The van der Waals surface area contributed by atoms with Crippen LogP contribution in [0.3, 0.4) is 0 Å². The Morgan fingerprint density at radius 3 is 2.68 bits per heavy atom. The molecule has 3 nitrogen and oxygen atoms in total. The maximum Gasteiger partial charge on any atom is 0.241 e. The average Bonchev–Trinajstić information content (AvgIpc) is 2.99. The Kier molecular flexibility index (Phi) is 5.18. The van der Waals surface area contributed by atoms with Crippen LogP contribution in [0.4, 0.5) is 0 Å². The van der Waals surface area contributed by atoms with Crippen molar-refractivity contribution in [1.82, 2.24) is 10.2 Å². The summed E-state index contributed by atoms with van der Waals surface area (Å²) in [6.45, 7) is 9.70. The molecule has 0 bridgehead atoms. The van der Waals surface area contributed by atoms with Crippen LogP contribution < -0.4 is 5.32 Å². The van der Waals surface area contributed by atoms with Gasteiger partial charge in [0.2, 0.25) is 5.91 Å². The number of amides is 1. The highest BCUT2D eigenvalue weighted by atomic mass is 32.2. The van der Waals surface area contributed by atoms with Gasteiger partial charge in [-0.25, -0.2) is 0 Å². The van der Waals surface area contributed by atoms with E-state index in [9.17, 15) is 4.79 Å². The Hall–Kier alpha value is -0.220. The topological polar surface area (TPSA) is 32.3 Å². The van der Waals surface area contributed by atoms with Gasteiger partial charge >= 0.3 is 0 Å². The number of hydrogen-bond donors (Lipinski definition) is 1. The van der Waals surface area contributed by atoms with Crippen molar-refractivity contribution in [3.63, 3.8) is 0 Å². The van der Waals surface area contributed by atoms with Crippen molar-refractivity contribution >= 4 is 17.7 Å². The number of nitrogens with zero attached hydrogens (tertiary/aromatic N) is 1. The molecule has 0 saturated carbocycles. The summed E-state index contributed by atoms with van der Waals surface area (Å²) in [5.41, 5.74) is 0. The van der Waals surface area contributed by atoms with E-state index >= 15 is 0 Å². The van der Waals surface area contributed by atoms with Crippen LogP contribution in [0.25, 0.3) is 0 Å². The lowest BCUT2D eigenvalue weighted by Crippen LogP contribution is -2.44. The predicted molar refractivity (Wildman–Crippen MR) is 82.2 cm³/mol. The zero-order chi connectivity index (χ0) is 14.0. The van der Waals surface area contributed by atoms with Crippen LogP contribution in [0.15, 0.2) is 0 Å². The lowest BCUT2D eigenvalue weighted by atomic mass is 9.99. The van der Waals surface area contributed by atoms with E-state index in [1.165, 1.54) is 18.6 Å².